The Morgan fingerprint density at radius 1 is 1.62 bits per heavy atom. The number of nitrogens with zero attached hydrogens (tertiary/aromatic N) is 1. The van der Waals surface area contributed by atoms with Gasteiger partial charge in [0, 0.05) is 6.04 Å². The van der Waals surface area contributed by atoms with E-state index in [1.807, 2.05) is 4.90 Å². The quantitative estimate of drug-likeness (QED) is 0.661. The van der Waals surface area contributed by atoms with Crippen molar-refractivity contribution in [3.63, 3.8) is 0 Å². The fourth-order valence-corrected chi connectivity index (χ4v) is 1.87. The first kappa shape index (κ1) is 10.5. The number of aliphatic hydroxyl groups excluding tert-OH is 1. The van der Waals surface area contributed by atoms with Crippen LogP contribution in [0.2, 0.25) is 0 Å². The summed E-state index contributed by atoms with van der Waals surface area (Å²) in [4.78, 5) is 12.3. The van der Waals surface area contributed by atoms with Crippen molar-refractivity contribution in [2.75, 3.05) is 19.7 Å². The van der Waals surface area contributed by atoms with Gasteiger partial charge in [-0.1, -0.05) is 6.92 Å². The van der Waals surface area contributed by atoms with E-state index in [2.05, 4.69) is 6.92 Å². The minimum Gasteiger partial charge on any atom is -0.480 e. The Morgan fingerprint density at radius 3 is 2.85 bits per heavy atom. The third-order valence-electron chi connectivity index (χ3n) is 2.65. The molecule has 1 aliphatic heterocycles. The fourth-order valence-electron chi connectivity index (χ4n) is 1.87. The van der Waals surface area contributed by atoms with Crippen LogP contribution in [0.25, 0.3) is 0 Å². The Balaban J connectivity index is 2.47. The maximum Gasteiger partial charge on any atom is 0.317 e. The van der Waals surface area contributed by atoms with Crippen molar-refractivity contribution in [2.24, 2.45) is 5.92 Å². The lowest BCUT2D eigenvalue weighted by Gasteiger charge is -2.36. The van der Waals surface area contributed by atoms with Crippen molar-refractivity contribution in [3.8, 4) is 0 Å². The lowest BCUT2D eigenvalue weighted by molar-refractivity contribution is -0.139. The molecule has 1 heterocycles. The van der Waals surface area contributed by atoms with Gasteiger partial charge in [-0.2, -0.15) is 0 Å². The van der Waals surface area contributed by atoms with Gasteiger partial charge in [0.25, 0.3) is 0 Å². The first-order valence-corrected chi connectivity index (χ1v) is 4.70. The maximum atomic E-state index is 10.5. The smallest absolute Gasteiger partial charge is 0.317 e. The van der Waals surface area contributed by atoms with Crippen molar-refractivity contribution >= 4 is 5.97 Å². The molecule has 2 atom stereocenters. The van der Waals surface area contributed by atoms with E-state index in [0.717, 1.165) is 19.4 Å². The van der Waals surface area contributed by atoms with Gasteiger partial charge in [-0.25, -0.2) is 0 Å². The number of rotatable bonds is 3. The molecule has 0 amide bonds. The van der Waals surface area contributed by atoms with Gasteiger partial charge in [0.2, 0.25) is 0 Å². The summed E-state index contributed by atoms with van der Waals surface area (Å²) in [7, 11) is 0. The van der Waals surface area contributed by atoms with E-state index in [1.54, 1.807) is 0 Å². The zero-order valence-electron chi connectivity index (χ0n) is 7.94. The number of aliphatic hydroxyl groups is 1. The van der Waals surface area contributed by atoms with Gasteiger partial charge in [0.15, 0.2) is 0 Å². The SMILES string of the molecule is CC1CCN(CC(=O)O)C(CO)C1. The molecular formula is C9H17NO3. The Kier molecular flexibility index (Phi) is 3.69. The van der Waals surface area contributed by atoms with Crippen LogP contribution in [-0.2, 0) is 4.79 Å². The molecule has 4 nitrogen and oxygen atoms in total. The van der Waals surface area contributed by atoms with Crippen LogP contribution in [0.3, 0.4) is 0 Å². The lowest BCUT2D eigenvalue weighted by Crippen LogP contribution is -2.46. The second-order valence-electron chi connectivity index (χ2n) is 3.83. The molecule has 1 saturated heterocycles. The molecule has 0 aliphatic carbocycles. The van der Waals surface area contributed by atoms with E-state index in [1.165, 1.54) is 0 Å². The summed E-state index contributed by atoms with van der Waals surface area (Å²) in [6, 6.07) is 0.0415. The summed E-state index contributed by atoms with van der Waals surface area (Å²) in [6.45, 7) is 3.05. The van der Waals surface area contributed by atoms with Crippen molar-refractivity contribution in [2.45, 2.75) is 25.8 Å². The van der Waals surface area contributed by atoms with Crippen LogP contribution in [0.15, 0.2) is 0 Å². The van der Waals surface area contributed by atoms with Gasteiger partial charge < -0.3 is 10.2 Å². The van der Waals surface area contributed by atoms with Gasteiger partial charge in [-0.05, 0) is 25.3 Å². The number of hydrogen-bond acceptors (Lipinski definition) is 3. The number of piperidine rings is 1. The molecule has 0 spiro atoms. The first-order chi connectivity index (χ1) is 6.13. The molecule has 2 N–H and O–H groups in total. The standard InChI is InChI=1S/C9H17NO3/c1-7-2-3-10(5-9(12)13)8(4-7)6-11/h7-8,11H,2-6H2,1H3,(H,12,13). The van der Waals surface area contributed by atoms with Gasteiger partial charge in [-0.3, -0.25) is 9.69 Å². The van der Waals surface area contributed by atoms with Crippen molar-refractivity contribution < 1.29 is 15.0 Å². The van der Waals surface area contributed by atoms with Crippen LogP contribution < -0.4 is 0 Å². The van der Waals surface area contributed by atoms with E-state index in [4.69, 9.17) is 10.2 Å². The summed E-state index contributed by atoms with van der Waals surface area (Å²) in [5.41, 5.74) is 0. The molecule has 1 rings (SSSR count). The highest BCUT2D eigenvalue weighted by atomic mass is 16.4. The van der Waals surface area contributed by atoms with Crippen molar-refractivity contribution in [3.05, 3.63) is 0 Å². The fraction of sp³-hybridized carbons (Fsp3) is 0.889. The molecule has 0 bridgehead atoms. The molecule has 2 unspecified atom stereocenters. The Morgan fingerprint density at radius 2 is 2.31 bits per heavy atom. The third-order valence-corrected chi connectivity index (χ3v) is 2.65. The molecular weight excluding hydrogens is 170 g/mol. The summed E-state index contributed by atoms with van der Waals surface area (Å²) >= 11 is 0. The molecule has 76 valence electrons. The Labute approximate surface area is 78.2 Å². The summed E-state index contributed by atoms with van der Waals surface area (Å²) in [5.74, 6) is -0.213. The van der Waals surface area contributed by atoms with E-state index in [0.29, 0.717) is 5.92 Å². The number of likely N-dealkylation sites (tertiary alicyclic amines) is 1. The summed E-state index contributed by atoms with van der Waals surface area (Å²) < 4.78 is 0. The third kappa shape index (κ3) is 2.97. The molecule has 0 saturated carbocycles. The summed E-state index contributed by atoms with van der Waals surface area (Å²) in [6.07, 6.45) is 1.94. The van der Waals surface area contributed by atoms with Crippen LogP contribution in [0, 0.1) is 5.92 Å². The van der Waals surface area contributed by atoms with Gasteiger partial charge in [-0.15, -0.1) is 0 Å². The first-order valence-electron chi connectivity index (χ1n) is 4.70. The molecule has 0 radical (unpaired) electrons. The molecule has 1 fully saturated rings. The van der Waals surface area contributed by atoms with E-state index >= 15 is 0 Å². The van der Waals surface area contributed by atoms with Crippen molar-refractivity contribution in [1.82, 2.24) is 4.90 Å². The van der Waals surface area contributed by atoms with E-state index in [-0.39, 0.29) is 19.2 Å². The number of aliphatic carboxylic acids is 1. The number of carbonyl (C=O) groups is 1. The number of carboxylic acids is 1. The number of hydrogen-bond donors (Lipinski definition) is 2. The molecule has 0 aromatic heterocycles. The predicted octanol–water partition coefficient (Wildman–Crippen LogP) is 0.164. The molecule has 0 aromatic carbocycles. The van der Waals surface area contributed by atoms with Crippen LogP contribution in [-0.4, -0.2) is 46.8 Å². The largest absolute Gasteiger partial charge is 0.480 e. The van der Waals surface area contributed by atoms with Crippen molar-refractivity contribution in [1.29, 1.82) is 0 Å². The zero-order chi connectivity index (χ0) is 9.84. The van der Waals surface area contributed by atoms with Crippen LogP contribution >= 0.6 is 0 Å². The molecule has 0 aromatic rings. The van der Waals surface area contributed by atoms with Gasteiger partial charge in [0.05, 0.1) is 13.2 Å². The second kappa shape index (κ2) is 4.58. The lowest BCUT2D eigenvalue weighted by atomic mass is 9.93. The van der Waals surface area contributed by atoms with E-state index < -0.39 is 5.97 Å². The minimum absolute atomic E-state index is 0.0415. The highest BCUT2D eigenvalue weighted by Gasteiger charge is 2.26. The average molecular weight is 187 g/mol. The van der Waals surface area contributed by atoms with Crippen LogP contribution in [0.1, 0.15) is 19.8 Å². The zero-order valence-corrected chi connectivity index (χ0v) is 7.94. The monoisotopic (exact) mass is 187 g/mol. The highest BCUT2D eigenvalue weighted by molar-refractivity contribution is 5.69. The molecule has 13 heavy (non-hydrogen) atoms. The minimum atomic E-state index is -0.812. The Bertz CT molecular complexity index is 184. The van der Waals surface area contributed by atoms with Crippen LogP contribution in [0.5, 0.6) is 0 Å². The Hall–Kier alpha value is -0.610. The van der Waals surface area contributed by atoms with E-state index in [9.17, 15) is 4.79 Å². The van der Waals surface area contributed by atoms with Gasteiger partial charge in [0.1, 0.15) is 0 Å². The molecule has 1 aliphatic rings. The topological polar surface area (TPSA) is 60.8 Å². The normalized spacial score (nSPS) is 30.3. The number of carboxylic acid groups (broad SMARTS) is 1. The van der Waals surface area contributed by atoms with Crippen LogP contribution in [0.4, 0.5) is 0 Å². The second-order valence-corrected chi connectivity index (χ2v) is 3.83. The maximum absolute atomic E-state index is 10.5. The average Bonchev–Trinajstić information content (AvgIpc) is 2.07. The highest BCUT2D eigenvalue weighted by Crippen LogP contribution is 2.21. The van der Waals surface area contributed by atoms with Gasteiger partial charge >= 0.3 is 5.97 Å². The predicted molar refractivity (Wildman–Crippen MR) is 48.5 cm³/mol. The molecule has 4 heteroatoms. The summed E-state index contributed by atoms with van der Waals surface area (Å²) in [5, 5.41) is 17.7.